The Hall–Kier alpha value is -2.52. The second-order valence-corrected chi connectivity index (χ2v) is 6.09. The Labute approximate surface area is 137 Å². The highest BCUT2D eigenvalue weighted by Gasteiger charge is 2.18. The van der Waals surface area contributed by atoms with Gasteiger partial charge >= 0.3 is 0 Å². The third-order valence-corrected chi connectivity index (χ3v) is 4.33. The summed E-state index contributed by atoms with van der Waals surface area (Å²) in [5.74, 6) is 0.631. The third-order valence-electron chi connectivity index (χ3n) is 4.33. The molecule has 2 N–H and O–H groups in total. The zero-order valence-corrected chi connectivity index (χ0v) is 13.4. The minimum Gasteiger partial charge on any atom is -0.390 e. The van der Waals surface area contributed by atoms with Gasteiger partial charge in [-0.05, 0) is 12.5 Å². The van der Waals surface area contributed by atoms with Crippen molar-refractivity contribution in [3.05, 3.63) is 39.8 Å². The molecule has 3 aromatic rings. The van der Waals surface area contributed by atoms with Gasteiger partial charge in [-0.3, -0.25) is 19.1 Å². The van der Waals surface area contributed by atoms with Crippen molar-refractivity contribution < 1.29 is 5.11 Å². The van der Waals surface area contributed by atoms with Crippen LogP contribution in [0.15, 0.2) is 17.1 Å². The number of aliphatic hydroxyl groups is 1. The molecule has 4 heterocycles. The van der Waals surface area contributed by atoms with E-state index in [1.165, 1.54) is 6.20 Å². The number of nitrogens with one attached hydrogen (secondary N) is 1. The van der Waals surface area contributed by atoms with Crippen LogP contribution >= 0.6 is 0 Å². The van der Waals surface area contributed by atoms with E-state index in [9.17, 15) is 9.90 Å². The summed E-state index contributed by atoms with van der Waals surface area (Å²) in [5.41, 5.74) is 2.19. The molecule has 1 aliphatic heterocycles. The molecule has 0 aliphatic carbocycles. The first kappa shape index (κ1) is 15.0. The number of hydrogen-bond acceptors (Lipinski definition) is 6. The van der Waals surface area contributed by atoms with Crippen LogP contribution in [0.3, 0.4) is 0 Å². The molecule has 3 aromatic heterocycles. The fraction of sp³-hybridized carbons (Fsp3) is 0.467. The molecule has 0 unspecified atom stereocenters. The van der Waals surface area contributed by atoms with Crippen molar-refractivity contribution in [2.45, 2.75) is 32.7 Å². The van der Waals surface area contributed by atoms with E-state index in [1.807, 2.05) is 10.7 Å². The molecule has 0 spiro atoms. The van der Waals surface area contributed by atoms with E-state index in [0.29, 0.717) is 35.6 Å². The fourth-order valence-electron chi connectivity index (χ4n) is 3.17. The lowest BCUT2D eigenvalue weighted by Crippen LogP contribution is -2.25. The van der Waals surface area contributed by atoms with Crippen LogP contribution in [0, 0.1) is 0 Å². The first-order valence-electron chi connectivity index (χ1n) is 7.94. The van der Waals surface area contributed by atoms with Crippen LogP contribution in [0.1, 0.15) is 23.6 Å². The standard InChI is InChI=1S/C15H19N7O2/c1-20-14-12(6-16-20)15(24)18-13(17-14)8-21-3-2-4-22-11(7-21)5-10(9-23)19-22/h5-6,23H,2-4,7-9H2,1H3,(H,17,18,24). The molecule has 9 nitrogen and oxygen atoms in total. The summed E-state index contributed by atoms with van der Waals surface area (Å²) in [5, 5.41) is 18.2. The number of aliphatic hydroxyl groups excluding tert-OH is 1. The lowest BCUT2D eigenvalue weighted by atomic mass is 10.3. The Balaban J connectivity index is 1.60. The van der Waals surface area contributed by atoms with E-state index in [0.717, 1.165) is 25.2 Å². The molecule has 4 rings (SSSR count). The van der Waals surface area contributed by atoms with Gasteiger partial charge in [0.1, 0.15) is 11.2 Å². The average molecular weight is 329 g/mol. The van der Waals surface area contributed by atoms with Crippen LogP contribution in [-0.2, 0) is 33.3 Å². The van der Waals surface area contributed by atoms with Crippen LogP contribution in [0.2, 0.25) is 0 Å². The Morgan fingerprint density at radius 1 is 1.38 bits per heavy atom. The summed E-state index contributed by atoms with van der Waals surface area (Å²) < 4.78 is 3.56. The van der Waals surface area contributed by atoms with Gasteiger partial charge in [-0.1, -0.05) is 0 Å². The van der Waals surface area contributed by atoms with Crippen molar-refractivity contribution in [3.63, 3.8) is 0 Å². The summed E-state index contributed by atoms with van der Waals surface area (Å²) in [6.07, 6.45) is 2.49. The predicted molar refractivity (Wildman–Crippen MR) is 86.0 cm³/mol. The fourth-order valence-corrected chi connectivity index (χ4v) is 3.17. The number of hydrogen-bond donors (Lipinski definition) is 2. The smallest absolute Gasteiger partial charge is 0.262 e. The van der Waals surface area contributed by atoms with E-state index in [1.54, 1.807) is 11.7 Å². The normalized spacial score (nSPS) is 15.6. The summed E-state index contributed by atoms with van der Waals surface area (Å²) in [6, 6.07) is 1.93. The average Bonchev–Trinajstić information content (AvgIpc) is 3.07. The second-order valence-electron chi connectivity index (χ2n) is 6.09. The van der Waals surface area contributed by atoms with E-state index in [4.69, 9.17) is 0 Å². The lowest BCUT2D eigenvalue weighted by Gasteiger charge is -2.18. The van der Waals surface area contributed by atoms with Crippen LogP contribution in [0.25, 0.3) is 11.0 Å². The van der Waals surface area contributed by atoms with Crippen LogP contribution in [-0.4, -0.2) is 46.1 Å². The SMILES string of the molecule is Cn1ncc2c(=O)[nH]c(CN3CCCn4nc(CO)cc4C3)nc21. The predicted octanol–water partition coefficient (Wildman–Crippen LogP) is -0.249. The van der Waals surface area contributed by atoms with Crippen molar-refractivity contribution in [1.82, 2.24) is 34.4 Å². The topological polar surface area (TPSA) is 105 Å². The van der Waals surface area contributed by atoms with E-state index >= 15 is 0 Å². The number of H-pyrrole nitrogens is 1. The summed E-state index contributed by atoms with van der Waals surface area (Å²) in [4.78, 5) is 21.8. The Bertz CT molecular complexity index is 939. The minimum absolute atomic E-state index is 0.0496. The van der Waals surface area contributed by atoms with Gasteiger partial charge in [0.2, 0.25) is 0 Å². The Morgan fingerprint density at radius 3 is 3.08 bits per heavy atom. The largest absolute Gasteiger partial charge is 0.390 e. The van der Waals surface area contributed by atoms with Gasteiger partial charge in [0.25, 0.3) is 5.56 Å². The van der Waals surface area contributed by atoms with Crippen molar-refractivity contribution in [3.8, 4) is 0 Å². The summed E-state index contributed by atoms with van der Waals surface area (Å²) in [7, 11) is 1.78. The molecule has 9 heteroatoms. The molecule has 0 atom stereocenters. The Morgan fingerprint density at radius 2 is 2.25 bits per heavy atom. The van der Waals surface area contributed by atoms with Crippen LogP contribution in [0.5, 0.6) is 0 Å². The number of rotatable bonds is 3. The third kappa shape index (κ3) is 2.61. The molecule has 126 valence electrons. The number of nitrogens with zero attached hydrogens (tertiary/aromatic N) is 6. The van der Waals surface area contributed by atoms with Gasteiger partial charge in [0.15, 0.2) is 5.65 Å². The van der Waals surface area contributed by atoms with Gasteiger partial charge in [0.05, 0.1) is 30.7 Å². The van der Waals surface area contributed by atoms with Crippen LogP contribution < -0.4 is 5.56 Å². The number of fused-ring (bicyclic) bond motifs is 2. The van der Waals surface area contributed by atoms with Crippen LogP contribution in [0.4, 0.5) is 0 Å². The minimum atomic E-state index is -0.162. The molecule has 0 radical (unpaired) electrons. The quantitative estimate of drug-likeness (QED) is 0.687. The first-order chi connectivity index (χ1) is 11.6. The molecule has 24 heavy (non-hydrogen) atoms. The molecule has 0 aromatic carbocycles. The van der Waals surface area contributed by atoms with Crippen molar-refractivity contribution in [2.24, 2.45) is 7.05 Å². The first-order valence-corrected chi connectivity index (χ1v) is 7.94. The zero-order chi connectivity index (χ0) is 16.7. The molecule has 0 bridgehead atoms. The highest BCUT2D eigenvalue weighted by Crippen LogP contribution is 2.15. The maximum Gasteiger partial charge on any atom is 0.262 e. The van der Waals surface area contributed by atoms with Gasteiger partial charge in [-0.2, -0.15) is 10.2 Å². The zero-order valence-electron chi connectivity index (χ0n) is 13.4. The Kier molecular flexibility index (Phi) is 3.66. The van der Waals surface area contributed by atoms with Gasteiger partial charge < -0.3 is 10.1 Å². The number of aromatic amines is 1. The van der Waals surface area contributed by atoms with Crippen molar-refractivity contribution >= 4 is 11.0 Å². The van der Waals surface area contributed by atoms with Gasteiger partial charge in [-0.15, -0.1) is 0 Å². The van der Waals surface area contributed by atoms with Crippen molar-refractivity contribution in [2.75, 3.05) is 6.54 Å². The molecular formula is C15H19N7O2. The molecular weight excluding hydrogens is 310 g/mol. The highest BCUT2D eigenvalue weighted by atomic mass is 16.3. The summed E-state index contributed by atoms with van der Waals surface area (Å²) >= 11 is 0. The number of aryl methyl sites for hydroxylation is 2. The molecule has 0 saturated carbocycles. The lowest BCUT2D eigenvalue weighted by molar-refractivity contribution is 0.253. The monoisotopic (exact) mass is 329 g/mol. The maximum absolute atomic E-state index is 12.2. The van der Waals surface area contributed by atoms with E-state index < -0.39 is 0 Å². The van der Waals surface area contributed by atoms with E-state index in [2.05, 4.69) is 25.1 Å². The van der Waals surface area contributed by atoms with Gasteiger partial charge in [0, 0.05) is 26.7 Å². The molecule has 1 aliphatic rings. The highest BCUT2D eigenvalue weighted by molar-refractivity contribution is 5.72. The summed E-state index contributed by atoms with van der Waals surface area (Å²) in [6.45, 7) is 2.93. The van der Waals surface area contributed by atoms with Crippen molar-refractivity contribution in [1.29, 1.82) is 0 Å². The number of aromatic nitrogens is 6. The molecule has 0 amide bonds. The maximum atomic E-state index is 12.2. The molecule has 0 fully saturated rings. The second kappa shape index (κ2) is 5.84. The molecule has 0 saturated heterocycles. The van der Waals surface area contributed by atoms with E-state index in [-0.39, 0.29) is 12.2 Å². The van der Waals surface area contributed by atoms with Gasteiger partial charge in [-0.25, -0.2) is 4.98 Å².